The summed E-state index contributed by atoms with van der Waals surface area (Å²) < 4.78 is 16.9. The number of carbonyl (C=O) groups excluding carboxylic acids is 3. The van der Waals surface area contributed by atoms with Crippen LogP contribution in [0, 0.1) is 0 Å². The van der Waals surface area contributed by atoms with E-state index in [9.17, 15) is 14.4 Å². The SMILES string of the molecule is CC/C=C\C/C=C\C/C=C\C/C=C\CCCCCCCCCCCCCCCCC(=O)OCC(COC(=O)CCCCCCCCCCC)OC(=O)CCCCCCCCCCCCCCCCCCCCCCCCCC. The summed E-state index contributed by atoms with van der Waals surface area (Å²) in [6.07, 6.45) is 84.4. The number of unbranched alkanes of at least 4 members (excludes halogenated alkanes) is 45. The second-order valence-corrected chi connectivity index (χ2v) is 23.4. The normalized spacial score (nSPS) is 12.3. The van der Waals surface area contributed by atoms with Gasteiger partial charge in [0.15, 0.2) is 6.10 Å². The molecule has 0 aromatic heterocycles. The van der Waals surface area contributed by atoms with E-state index >= 15 is 0 Å². The summed E-state index contributed by atoms with van der Waals surface area (Å²) in [6, 6.07) is 0. The van der Waals surface area contributed by atoms with Gasteiger partial charge >= 0.3 is 17.9 Å². The molecule has 0 radical (unpaired) electrons. The van der Waals surface area contributed by atoms with E-state index < -0.39 is 6.10 Å². The van der Waals surface area contributed by atoms with E-state index in [-0.39, 0.29) is 31.1 Å². The molecule has 6 nitrogen and oxygen atoms in total. The standard InChI is InChI=1S/C72H132O6/c1-4-7-10-13-16-19-21-23-25-27-29-31-33-35-36-37-39-40-42-44-46-48-50-53-56-59-62-65-71(74)77-68-69(67-76-70(73)64-61-58-55-52-18-15-12-9-6-3)78-72(75)66-63-60-57-54-51-49-47-45-43-41-38-34-32-30-28-26-24-22-20-17-14-11-8-5-2/h7,10,16,19,23,25,29,31,69H,4-6,8-9,11-15,17-18,20-22,24,26-28,30,32-68H2,1-3H3/b10-7-,19-16-,25-23-,31-29-. The lowest BCUT2D eigenvalue weighted by atomic mass is 10.0. The molecule has 0 N–H and O–H groups in total. The maximum Gasteiger partial charge on any atom is 0.306 e. The Balaban J connectivity index is 4.12. The molecule has 1 unspecified atom stereocenters. The van der Waals surface area contributed by atoms with Crippen LogP contribution in [-0.2, 0) is 28.6 Å². The minimum Gasteiger partial charge on any atom is -0.462 e. The van der Waals surface area contributed by atoms with Gasteiger partial charge in [0, 0.05) is 19.3 Å². The van der Waals surface area contributed by atoms with Crippen molar-refractivity contribution in [2.45, 2.75) is 380 Å². The van der Waals surface area contributed by atoms with Crippen LogP contribution in [0.5, 0.6) is 0 Å². The van der Waals surface area contributed by atoms with Gasteiger partial charge in [0.1, 0.15) is 13.2 Å². The highest BCUT2D eigenvalue weighted by atomic mass is 16.6. The highest BCUT2D eigenvalue weighted by molar-refractivity contribution is 5.71. The van der Waals surface area contributed by atoms with Crippen LogP contribution in [0.15, 0.2) is 48.6 Å². The van der Waals surface area contributed by atoms with Gasteiger partial charge in [-0.15, -0.1) is 0 Å². The molecule has 0 aromatic carbocycles. The molecule has 0 rings (SSSR count). The lowest BCUT2D eigenvalue weighted by molar-refractivity contribution is -0.167. The molecule has 0 heterocycles. The van der Waals surface area contributed by atoms with Crippen molar-refractivity contribution < 1.29 is 28.6 Å². The van der Waals surface area contributed by atoms with Crippen molar-refractivity contribution in [3.63, 3.8) is 0 Å². The number of carbonyl (C=O) groups is 3. The molecule has 0 saturated carbocycles. The minimum absolute atomic E-state index is 0.0670. The van der Waals surface area contributed by atoms with E-state index in [0.29, 0.717) is 19.3 Å². The fraction of sp³-hybridized carbons (Fsp3) is 0.847. The Bertz CT molecular complexity index is 1350. The van der Waals surface area contributed by atoms with Gasteiger partial charge in [-0.25, -0.2) is 0 Å². The van der Waals surface area contributed by atoms with Crippen molar-refractivity contribution in [2.24, 2.45) is 0 Å². The predicted molar refractivity (Wildman–Crippen MR) is 339 cm³/mol. The maximum absolute atomic E-state index is 12.9. The monoisotopic (exact) mass is 1090 g/mol. The molecule has 6 heteroatoms. The van der Waals surface area contributed by atoms with Gasteiger partial charge in [0.05, 0.1) is 0 Å². The summed E-state index contributed by atoms with van der Waals surface area (Å²) >= 11 is 0. The summed E-state index contributed by atoms with van der Waals surface area (Å²) in [5.74, 6) is -0.844. The van der Waals surface area contributed by atoms with Gasteiger partial charge in [0.2, 0.25) is 0 Å². The fourth-order valence-corrected chi connectivity index (χ4v) is 10.4. The van der Waals surface area contributed by atoms with Crippen LogP contribution in [0.2, 0.25) is 0 Å². The molecule has 0 aliphatic rings. The smallest absolute Gasteiger partial charge is 0.306 e. The van der Waals surface area contributed by atoms with Crippen molar-refractivity contribution in [3.8, 4) is 0 Å². The zero-order valence-electron chi connectivity index (χ0n) is 52.5. The quantitative estimate of drug-likeness (QED) is 0.0261. The van der Waals surface area contributed by atoms with Gasteiger partial charge in [-0.1, -0.05) is 345 Å². The average Bonchev–Trinajstić information content (AvgIpc) is 3.44. The minimum atomic E-state index is -0.769. The molecular weight excluding hydrogens is 961 g/mol. The molecule has 78 heavy (non-hydrogen) atoms. The Labute approximate surface area is 486 Å². The van der Waals surface area contributed by atoms with Gasteiger partial charge < -0.3 is 14.2 Å². The molecule has 0 aliphatic heterocycles. The molecule has 0 amide bonds. The van der Waals surface area contributed by atoms with Crippen LogP contribution in [0.25, 0.3) is 0 Å². The number of rotatable bonds is 64. The number of allylic oxidation sites excluding steroid dienone is 8. The second kappa shape index (κ2) is 66.9. The first-order valence-corrected chi connectivity index (χ1v) is 34.6. The van der Waals surface area contributed by atoms with Crippen molar-refractivity contribution in [2.75, 3.05) is 13.2 Å². The molecule has 1 atom stereocenters. The van der Waals surface area contributed by atoms with Gasteiger partial charge in [-0.2, -0.15) is 0 Å². The van der Waals surface area contributed by atoms with Crippen LogP contribution >= 0.6 is 0 Å². The first-order valence-electron chi connectivity index (χ1n) is 34.6. The van der Waals surface area contributed by atoms with Crippen molar-refractivity contribution in [1.82, 2.24) is 0 Å². The van der Waals surface area contributed by atoms with Gasteiger partial charge in [0.25, 0.3) is 0 Å². The molecule has 0 spiro atoms. The number of ether oxygens (including phenoxy) is 3. The van der Waals surface area contributed by atoms with E-state index in [4.69, 9.17) is 14.2 Å². The topological polar surface area (TPSA) is 78.9 Å². The van der Waals surface area contributed by atoms with E-state index in [1.807, 2.05) is 0 Å². The Morgan fingerprint density at radius 1 is 0.269 bits per heavy atom. The summed E-state index contributed by atoms with van der Waals surface area (Å²) in [5, 5.41) is 0. The summed E-state index contributed by atoms with van der Waals surface area (Å²) in [6.45, 7) is 6.58. The highest BCUT2D eigenvalue weighted by Crippen LogP contribution is 2.18. The Hall–Kier alpha value is -2.63. The van der Waals surface area contributed by atoms with Crippen LogP contribution in [0.1, 0.15) is 374 Å². The Kier molecular flexibility index (Phi) is 64.6. The first-order chi connectivity index (χ1) is 38.5. The summed E-state index contributed by atoms with van der Waals surface area (Å²) in [4.78, 5) is 38.3. The fourth-order valence-electron chi connectivity index (χ4n) is 10.4. The average molecular weight is 1090 g/mol. The number of esters is 3. The highest BCUT2D eigenvalue weighted by Gasteiger charge is 2.19. The lowest BCUT2D eigenvalue weighted by Crippen LogP contribution is -2.30. The number of hydrogen-bond donors (Lipinski definition) is 0. The summed E-state index contributed by atoms with van der Waals surface area (Å²) in [7, 11) is 0. The van der Waals surface area contributed by atoms with Crippen LogP contribution in [0.3, 0.4) is 0 Å². The number of hydrogen-bond acceptors (Lipinski definition) is 6. The van der Waals surface area contributed by atoms with E-state index in [2.05, 4.69) is 69.4 Å². The lowest BCUT2D eigenvalue weighted by Gasteiger charge is -2.18. The predicted octanol–water partition coefficient (Wildman–Crippen LogP) is 23.7. The molecule has 0 aliphatic carbocycles. The largest absolute Gasteiger partial charge is 0.462 e. The van der Waals surface area contributed by atoms with Crippen molar-refractivity contribution in [1.29, 1.82) is 0 Å². The molecule has 0 bridgehead atoms. The van der Waals surface area contributed by atoms with Gasteiger partial charge in [-0.05, 0) is 57.8 Å². The molecule has 456 valence electrons. The zero-order valence-corrected chi connectivity index (χ0v) is 52.5. The second-order valence-electron chi connectivity index (χ2n) is 23.4. The molecule has 0 fully saturated rings. The first kappa shape index (κ1) is 75.4. The Morgan fingerprint density at radius 3 is 0.782 bits per heavy atom. The Morgan fingerprint density at radius 2 is 0.500 bits per heavy atom. The molecule has 0 aromatic rings. The third-order valence-corrected chi connectivity index (χ3v) is 15.6. The van der Waals surface area contributed by atoms with E-state index in [1.54, 1.807) is 0 Å². The molecular formula is C72H132O6. The van der Waals surface area contributed by atoms with Crippen LogP contribution in [0.4, 0.5) is 0 Å². The third-order valence-electron chi connectivity index (χ3n) is 15.6. The van der Waals surface area contributed by atoms with E-state index in [1.165, 1.54) is 250 Å². The zero-order chi connectivity index (χ0) is 56.4. The van der Waals surface area contributed by atoms with Crippen LogP contribution < -0.4 is 0 Å². The molecule has 0 saturated heterocycles. The van der Waals surface area contributed by atoms with E-state index in [0.717, 1.165) is 83.5 Å². The third kappa shape index (κ3) is 64.2. The van der Waals surface area contributed by atoms with Crippen LogP contribution in [-0.4, -0.2) is 37.2 Å². The van der Waals surface area contributed by atoms with Crippen molar-refractivity contribution >= 4 is 17.9 Å². The van der Waals surface area contributed by atoms with Crippen molar-refractivity contribution in [3.05, 3.63) is 48.6 Å². The maximum atomic E-state index is 12.9. The summed E-state index contributed by atoms with van der Waals surface area (Å²) in [5.41, 5.74) is 0. The van der Waals surface area contributed by atoms with Gasteiger partial charge in [-0.3, -0.25) is 14.4 Å².